The van der Waals surface area contributed by atoms with Crippen molar-refractivity contribution in [3.8, 4) is 0 Å². The predicted molar refractivity (Wildman–Crippen MR) is 127 cm³/mol. The summed E-state index contributed by atoms with van der Waals surface area (Å²) in [6.45, 7) is 6.55. The number of anilines is 2. The second-order valence-corrected chi connectivity index (χ2v) is 9.66. The van der Waals surface area contributed by atoms with E-state index in [4.69, 9.17) is 10.1 Å². The van der Waals surface area contributed by atoms with Crippen molar-refractivity contribution in [1.29, 1.82) is 5.41 Å². The van der Waals surface area contributed by atoms with Gasteiger partial charge in [-0.05, 0) is 25.8 Å². The normalized spacial score (nSPS) is 19.8. The van der Waals surface area contributed by atoms with Crippen LogP contribution >= 0.6 is 11.8 Å². The van der Waals surface area contributed by atoms with Gasteiger partial charge in [0.15, 0.2) is 11.0 Å². The number of nitrogens with one attached hydrogen (secondary N) is 1. The van der Waals surface area contributed by atoms with E-state index in [1.165, 1.54) is 17.6 Å². The first-order valence-corrected chi connectivity index (χ1v) is 12.1. The number of fused-ring (bicyclic) bond motifs is 1. The Morgan fingerprint density at radius 1 is 1.39 bits per heavy atom. The maximum Gasteiger partial charge on any atom is 0.228 e. The molecule has 2 saturated heterocycles. The summed E-state index contributed by atoms with van der Waals surface area (Å²) >= 11 is 0.812. The van der Waals surface area contributed by atoms with E-state index in [-0.39, 0.29) is 17.0 Å². The third-order valence-electron chi connectivity index (χ3n) is 6.20. The van der Waals surface area contributed by atoms with Crippen LogP contribution in [0.15, 0.2) is 12.3 Å². The molecule has 1 N–H and O–H groups in total. The van der Waals surface area contributed by atoms with Crippen LogP contribution in [0, 0.1) is 17.1 Å². The fraction of sp³-hybridized carbons (Fsp3) is 0.591. The van der Waals surface area contributed by atoms with Gasteiger partial charge >= 0.3 is 0 Å². The Hall–Kier alpha value is -2.40. The molecule has 0 bridgehead atoms. The number of aromatic nitrogens is 2. The lowest BCUT2D eigenvalue weighted by molar-refractivity contribution is -0.135. The second-order valence-electron chi connectivity index (χ2n) is 8.38. The Morgan fingerprint density at radius 2 is 2.12 bits per heavy atom. The number of nitrogens with zero attached hydrogens (tertiary/aromatic N) is 5. The smallest absolute Gasteiger partial charge is 0.228 e. The fourth-order valence-electron chi connectivity index (χ4n) is 4.43. The average molecular weight is 481 g/mol. The fourth-order valence-corrected chi connectivity index (χ4v) is 4.99. The summed E-state index contributed by atoms with van der Waals surface area (Å²) in [5.41, 5.74) is 1.26. The molecule has 0 spiro atoms. The molecule has 8 nitrogen and oxygen atoms in total. The number of aryl methyl sites for hydroxylation is 1. The van der Waals surface area contributed by atoms with E-state index >= 15 is 4.39 Å². The zero-order chi connectivity index (χ0) is 23.7. The van der Waals surface area contributed by atoms with E-state index in [9.17, 15) is 9.18 Å². The van der Waals surface area contributed by atoms with Crippen LogP contribution in [0.25, 0.3) is 5.52 Å². The number of carbonyl (C=O) groups is 1. The van der Waals surface area contributed by atoms with Gasteiger partial charge in [0.25, 0.3) is 0 Å². The second kappa shape index (κ2) is 9.84. The van der Waals surface area contributed by atoms with Crippen molar-refractivity contribution in [1.82, 2.24) is 14.5 Å². The number of amidine groups is 1. The highest BCUT2D eigenvalue weighted by atomic mass is 32.2. The van der Waals surface area contributed by atoms with Crippen LogP contribution in [0.1, 0.15) is 26.0 Å². The zero-order valence-electron chi connectivity index (χ0n) is 19.2. The lowest BCUT2D eigenvalue weighted by atomic mass is 10.1. The van der Waals surface area contributed by atoms with Gasteiger partial charge in [-0.2, -0.15) is 5.10 Å². The Kier molecular flexibility index (Phi) is 7.08. The molecule has 0 aromatic carbocycles. The van der Waals surface area contributed by atoms with Gasteiger partial charge in [0, 0.05) is 39.8 Å². The van der Waals surface area contributed by atoms with Gasteiger partial charge in [-0.25, -0.2) is 13.3 Å². The summed E-state index contributed by atoms with van der Waals surface area (Å²) in [5.74, 6) is -0.344. The Morgan fingerprint density at radius 3 is 2.73 bits per heavy atom. The van der Waals surface area contributed by atoms with Gasteiger partial charge < -0.3 is 19.4 Å². The van der Waals surface area contributed by atoms with Crippen molar-refractivity contribution >= 4 is 39.7 Å². The molecule has 0 radical (unpaired) electrons. The molecule has 33 heavy (non-hydrogen) atoms. The number of carbonyl (C=O) groups excluding carboxylic acids is 1. The highest BCUT2D eigenvalue weighted by molar-refractivity contribution is 8.14. The van der Waals surface area contributed by atoms with E-state index in [1.54, 1.807) is 18.0 Å². The summed E-state index contributed by atoms with van der Waals surface area (Å²) in [4.78, 5) is 18.1. The van der Waals surface area contributed by atoms with Gasteiger partial charge in [-0.15, -0.1) is 0 Å². The number of rotatable bonds is 5. The maximum absolute atomic E-state index is 15.1. The molecule has 2 atom stereocenters. The minimum absolute atomic E-state index is 0.0588. The van der Waals surface area contributed by atoms with Crippen LogP contribution in [0.2, 0.25) is 0 Å². The van der Waals surface area contributed by atoms with Crippen LogP contribution in [0.5, 0.6) is 0 Å². The van der Waals surface area contributed by atoms with Gasteiger partial charge in [0.2, 0.25) is 5.91 Å². The Balaban J connectivity index is 1.58. The molecule has 4 heterocycles. The highest BCUT2D eigenvalue weighted by Gasteiger charge is 2.31. The summed E-state index contributed by atoms with van der Waals surface area (Å²) in [5, 5.41) is 12.8. The van der Waals surface area contributed by atoms with E-state index in [0.29, 0.717) is 68.4 Å². The largest absolute Gasteiger partial charge is 0.381 e. The van der Waals surface area contributed by atoms with Gasteiger partial charge in [0.05, 0.1) is 41.3 Å². The van der Waals surface area contributed by atoms with Crippen molar-refractivity contribution in [3.63, 3.8) is 0 Å². The summed E-state index contributed by atoms with van der Waals surface area (Å²) in [7, 11) is 1.70. The molecule has 0 aliphatic carbocycles. The van der Waals surface area contributed by atoms with Crippen LogP contribution in [0.4, 0.5) is 20.2 Å². The molecule has 2 aromatic rings. The van der Waals surface area contributed by atoms with Crippen LogP contribution in [0.3, 0.4) is 0 Å². The summed E-state index contributed by atoms with van der Waals surface area (Å²) in [6.07, 6.45) is 2.70. The lowest BCUT2D eigenvalue weighted by Crippen LogP contribution is -2.50. The van der Waals surface area contributed by atoms with Crippen molar-refractivity contribution in [2.75, 3.05) is 56.2 Å². The van der Waals surface area contributed by atoms with Gasteiger partial charge in [-0.3, -0.25) is 10.2 Å². The number of pyridine rings is 1. The third-order valence-corrected chi connectivity index (χ3v) is 7.03. The zero-order valence-corrected chi connectivity index (χ0v) is 20.0. The molecule has 2 fully saturated rings. The molecule has 180 valence electrons. The average Bonchev–Trinajstić information content (AvgIpc) is 3.45. The number of hydrogen-bond acceptors (Lipinski definition) is 6. The topological polar surface area (TPSA) is 77.2 Å². The van der Waals surface area contributed by atoms with Gasteiger partial charge in [-0.1, -0.05) is 18.7 Å². The van der Waals surface area contributed by atoms with Gasteiger partial charge in [0.1, 0.15) is 5.50 Å². The van der Waals surface area contributed by atoms with E-state index in [2.05, 4.69) is 5.10 Å². The SMILES string of the molecule is CCc1nn2cc(F)c(N3CCN(C(=O)[C@H]4CCOC4)CC3)cc2c1N(C)C(=N)SC(C)F. The molecule has 1 amide bonds. The molecule has 2 aromatic heterocycles. The van der Waals surface area contributed by atoms with Crippen molar-refractivity contribution in [3.05, 3.63) is 23.8 Å². The standard InChI is InChI=1S/C22H30F2N6O2S/c1-4-17-20(27(3)22(25)33-14(2)23)19-11-18(16(24)12-30(19)26-17)28-6-8-29(9-7-28)21(31)15-5-10-32-13-15/h11-12,14-15,25H,4-10,13H2,1-3H3/t14?,15-/m0/s1. The number of alkyl halides is 1. The number of ether oxygens (including phenoxy) is 1. The van der Waals surface area contributed by atoms with E-state index in [0.717, 1.165) is 18.2 Å². The van der Waals surface area contributed by atoms with Crippen LogP contribution in [-0.4, -0.2) is 77.5 Å². The monoisotopic (exact) mass is 480 g/mol. The minimum atomic E-state index is -1.21. The first-order valence-electron chi connectivity index (χ1n) is 11.2. The number of thioether (sulfide) groups is 1. The van der Waals surface area contributed by atoms with Crippen molar-refractivity contribution < 1.29 is 18.3 Å². The molecule has 0 saturated carbocycles. The first-order chi connectivity index (χ1) is 15.8. The number of halogens is 2. The third kappa shape index (κ3) is 4.79. The Bertz CT molecular complexity index is 1030. The molecule has 2 aliphatic rings. The number of hydrogen-bond donors (Lipinski definition) is 1. The van der Waals surface area contributed by atoms with E-state index in [1.807, 2.05) is 16.7 Å². The highest BCUT2D eigenvalue weighted by Crippen LogP contribution is 2.33. The molecular formula is C22H30F2N6O2S. The molecule has 4 rings (SSSR count). The van der Waals surface area contributed by atoms with Crippen molar-refractivity contribution in [2.24, 2.45) is 5.92 Å². The summed E-state index contributed by atoms with van der Waals surface area (Å²) < 4.78 is 35.4. The number of piperazine rings is 1. The summed E-state index contributed by atoms with van der Waals surface area (Å²) in [6, 6.07) is 1.74. The molecular weight excluding hydrogens is 450 g/mol. The predicted octanol–water partition coefficient (Wildman–Crippen LogP) is 3.14. The maximum atomic E-state index is 15.1. The molecule has 11 heteroatoms. The number of amides is 1. The first kappa shape index (κ1) is 23.7. The molecule has 2 aliphatic heterocycles. The minimum Gasteiger partial charge on any atom is -0.381 e. The lowest BCUT2D eigenvalue weighted by Gasteiger charge is -2.37. The Labute approximate surface area is 196 Å². The quantitative estimate of drug-likeness (QED) is 0.523. The van der Waals surface area contributed by atoms with E-state index < -0.39 is 11.3 Å². The van der Waals surface area contributed by atoms with Crippen LogP contribution in [-0.2, 0) is 16.0 Å². The molecule has 1 unspecified atom stereocenters. The van der Waals surface area contributed by atoms with Crippen molar-refractivity contribution in [2.45, 2.75) is 32.2 Å². The van der Waals surface area contributed by atoms with Crippen LogP contribution < -0.4 is 9.80 Å².